The molecule has 0 saturated heterocycles. The van der Waals surface area contributed by atoms with Crippen LogP contribution in [0, 0.1) is 3.57 Å². The zero-order valence-corrected chi connectivity index (χ0v) is 15.4. The highest BCUT2D eigenvalue weighted by Crippen LogP contribution is 2.31. The third kappa shape index (κ3) is 3.17. The van der Waals surface area contributed by atoms with E-state index in [1.165, 1.54) is 11.9 Å². The van der Waals surface area contributed by atoms with E-state index in [9.17, 15) is 4.79 Å². The molecule has 112 valence electrons. The van der Waals surface area contributed by atoms with Gasteiger partial charge in [-0.25, -0.2) is 0 Å². The van der Waals surface area contributed by atoms with Crippen LogP contribution in [0.4, 0.5) is 0 Å². The smallest absolute Gasteiger partial charge is 0.243 e. The summed E-state index contributed by atoms with van der Waals surface area (Å²) in [6.07, 6.45) is -0.522. The van der Waals surface area contributed by atoms with Crippen molar-refractivity contribution in [1.82, 2.24) is 5.01 Å². The lowest BCUT2D eigenvalue weighted by Crippen LogP contribution is -2.25. The van der Waals surface area contributed by atoms with E-state index in [4.69, 9.17) is 4.74 Å². The van der Waals surface area contributed by atoms with Gasteiger partial charge in [-0.2, -0.15) is 5.01 Å². The molecule has 0 spiro atoms. The fraction of sp³-hybridized carbons (Fsp3) is 0.125. The Kier molecular flexibility index (Phi) is 4.49. The molecule has 1 aliphatic heterocycles. The van der Waals surface area contributed by atoms with E-state index >= 15 is 0 Å². The zero-order valence-electron chi connectivity index (χ0n) is 11.7. The molecule has 0 aromatic heterocycles. The highest BCUT2D eigenvalue weighted by Gasteiger charge is 2.33. The maximum atomic E-state index is 11.9. The van der Waals surface area contributed by atoms with Gasteiger partial charge in [0, 0.05) is 26.1 Å². The van der Waals surface area contributed by atoms with Crippen LogP contribution in [-0.2, 0) is 9.53 Å². The van der Waals surface area contributed by atoms with Gasteiger partial charge in [0.15, 0.2) is 0 Å². The summed E-state index contributed by atoms with van der Waals surface area (Å²) < 4.78 is 8.00. The van der Waals surface area contributed by atoms with E-state index in [1.54, 1.807) is 0 Å². The van der Waals surface area contributed by atoms with Gasteiger partial charge < -0.3 is 4.74 Å². The van der Waals surface area contributed by atoms with Crippen molar-refractivity contribution < 1.29 is 9.53 Å². The number of hydrogen-bond acceptors (Lipinski definition) is 3. The first kappa shape index (κ1) is 15.5. The predicted octanol–water partition coefficient (Wildman–Crippen LogP) is 4.29. The third-order valence-corrected chi connectivity index (χ3v) is 4.39. The quantitative estimate of drug-likeness (QED) is 0.614. The summed E-state index contributed by atoms with van der Waals surface area (Å²) in [6, 6.07) is 15.5. The van der Waals surface area contributed by atoms with Crippen molar-refractivity contribution in [3.05, 3.63) is 67.7 Å². The van der Waals surface area contributed by atoms with Gasteiger partial charge in [0.25, 0.3) is 0 Å². The Morgan fingerprint density at radius 1 is 1.27 bits per heavy atom. The van der Waals surface area contributed by atoms with Gasteiger partial charge in [-0.1, -0.05) is 28.1 Å². The first-order valence-electron chi connectivity index (χ1n) is 6.61. The monoisotopic (exact) mass is 470 g/mol. The molecule has 2 aromatic carbocycles. The normalized spacial score (nSPS) is 17.1. The second-order valence-electron chi connectivity index (χ2n) is 4.80. The Labute approximate surface area is 150 Å². The summed E-state index contributed by atoms with van der Waals surface area (Å²) in [5, 5.41) is 5.71. The molecule has 0 aliphatic carbocycles. The van der Waals surface area contributed by atoms with Crippen LogP contribution >= 0.6 is 38.5 Å². The Balaban J connectivity index is 1.94. The number of amides is 1. The van der Waals surface area contributed by atoms with Crippen molar-refractivity contribution in [3.63, 3.8) is 0 Å². The molecule has 0 unspecified atom stereocenters. The average molecular weight is 471 g/mol. The summed E-state index contributed by atoms with van der Waals surface area (Å²) in [5.74, 6) is 0.294. The average Bonchev–Trinajstić information content (AvgIpc) is 2.93. The molecule has 6 heteroatoms. The van der Waals surface area contributed by atoms with E-state index < -0.39 is 6.23 Å². The van der Waals surface area contributed by atoms with E-state index in [0.717, 1.165) is 19.2 Å². The van der Waals surface area contributed by atoms with Gasteiger partial charge >= 0.3 is 0 Å². The molecular formula is C16H12BrIN2O2. The molecule has 0 radical (unpaired) electrons. The van der Waals surface area contributed by atoms with Crippen molar-refractivity contribution in [2.24, 2.45) is 5.10 Å². The van der Waals surface area contributed by atoms with Gasteiger partial charge in [-0.3, -0.25) is 4.79 Å². The Morgan fingerprint density at radius 2 is 2.00 bits per heavy atom. The Bertz CT molecular complexity index is 746. The molecule has 0 bridgehead atoms. The third-order valence-electron chi connectivity index (χ3n) is 3.19. The number of benzene rings is 2. The van der Waals surface area contributed by atoms with Crippen LogP contribution in [0.25, 0.3) is 0 Å². The Hall–Kier alpha value is -1.41. The molecule has 0 N–H and O–H groups in total. The summed E-state index contributed by atoms with van der Waals surface area (Å²) in [7, 11) is 0. The van der Waals surface area contributed by atoms with E-state index in [2.05, 4.69) is 43.6 Å². The van der Waals surface area contributed by atoms with E-state index in [1.807, 2.05) is 48.5 Å². The lowest BCUT2D eigenvalue weighted by atomic mass is 10.2. The molecule has 2 aromatic rings. The second-order valence-corrected chi connectivity index (χ2v) is 6.96. The summed E-state index contributed by atoms with van der Waals surface area (Å²) in [4.78, 5) is 11.9. The topological polar surface area (TPSA) is 41.9 Å². The molecule has 1 heterocycles. The second kappa shape index (κ2) is 6.37. The Morgan fingerprint density at radius 3 is 2.64 bits per heavy atom. The molecule has 22 heavy (non-hydrogen) atoms. The summed E-state index contributed by atoms with van der Waals surface area (Å²) >= 11 is 5.63. The van der Waals surface area contributed by atoms with Gasteiger partial charge in [-0.05, 0) is 59.0 Å². The first-order valence-corrected chi connectivity index (χ1v) is 8.48. The number of ether oxygens (including phenoxy) is 1. The predicted molar refractivity (Wildman–Crippen MR) is 96.2 cm³/mol. The first-order chi connectivity index (χ1) is 10.5. The van der Waals surface area contributed by atoms with Crippen molar-refractivity contribution in [1.29, 1.82) is 0 Å². The van der Waals surface area contributed by atoms with Crippen LogP contribution in [0.15, 0.2) is 58.1 Å². The maximum absolute atomic E-state index is 11.9. The van der Waals surface area contributed by atoms with Crippen LogP contribution in [-0.4, -0.2) is 16.8 Å². The number of rotatable bonds is 2. The zero-order chi connectivity index (χ0) is 15.7. The molecule has 4 nitrogen and oxygen atoms in total. The van der Waals surface area contributed by atoms with Crippen LogP contribution in [0.1, 0.15) is 24.3 Å². The van der Waals surface area contributed by atoms with Crippen molar-refractivity contribution in [2.75, 3.05) is 0 Å². The van der Waals surface area contributed by atoms with Gasteiger partial charge in [0.2, 0.25) is 18.0 Å². The number of halogens is 2. The van der Waals surface area contributed by atoms with Gasteiger partial charge in [0.05, 0.1) is 0 Å². The maximum Gasteiger partial charge on any atom is 0.243 e. The molecule has 1 amide bonds. The van der Waals surface area contributed by atoms with Crippen LogP contribution < -0.4 is 0 Å². The molecule has 1 aliphatic rings. The van der Waals surface area contributed by atoms with E-state index in [-0.39, 0.29) is 5.91 Å². The van der Waals surface area contributed by atoms with Crippen LogP contribution in [0.2, 0.25) is 0 Å². The highest BCUT2D eigenvalue weighted by atomic mass is 127. The number of carbonyl (C=O) groups excluding carboxylic acids is 1. The van der Waals surface area contributed by atoms with Crippen molar-refractivity contribution in [2.45, 2.75) is 13.2 Å². The molecule has 3 rings (SSSR count). The largest absolute Gasteiger partial charge is 0.446 e. The highest BCUT2D eigenvalue weighted by molar-refractivity contribution is 14.1. The molecular weight excluding hydrogens is 459 g/mol. The minimum Gasteiger partial charge on any atom is -0.446 e. The van der Waals surface area contributed by atoms with Crippen molar-refractivity contribution in [3.8, 4) is 0 Å². The standard InChI is InChI=1S/C16H12BrIN2O2/c1-10(21)20-16(12-3-2-4-14(18)9-12)22-15(19-20)11-5-7-13(17)8-6-11/h2-9,16H,1H3/t16-/m1/s1. The molecule has 1 atom stereocenters. The minimum atomic E-state index is -0.522. The van der Waals surface area contributed by atoms with Crippen LogP contribution in [0.5, 0.6) is 0 Å². The molecule has 0 fully saturated rings. The summed E-state index contributed by atoms with van der Waals surface area (Å²) in [5.41, 5.74) is 1.74. The minimum absolute atomic E-state index is 0.157. The van der Waals surface area contributed by atoms with Crippen molar-refractivity contribution >= 4 is 50.3 Å². The lowest BCUT2D eigenvalue weighted by Gasteiger charge is -2.19. The number of hydrazone groups is 1. The fourth-order valence-electron chi connectivity index (χ4n) is 2.15. The van der Waals surface area contributed by atoms with Crippen LogP contribution in [0.3, 0.4) is 0 Å². The fourth-order valence-corrected chi connectivity index (χ4v) is 2.98. The molecule has 0 saturated carbocycles. The number of nitrogens with zero attached hydrogens (tertiary/aromatic N) is 2. The lowest BCUT2D eigenvalue weighted by molar-refractivity contribution is -0.135. The SMILES string of the molecule is CC(=O)N1N=C(c2ccc(Br)cc2)O[C@@H]1c1cccc(I)c1. The van der Waals surface area contributed by atoms with Gasteiger partial charge in [-0.15, -0.1) is 5.10 Å². The summed E-state index contributed by atoms with van der Waals surface area (Å²) in [6.45, 7) is 1.48. The number of carbonyl (C=O) groups is 1. The van der Waals surface area contributed by atoms with Gasteiger partial charge in [0.1, 0.15) is 0 Å². The number of hydrogen-bond donors (Lipinski definition) is 0. The van der Waals surface area contributed by atoms with E-state index in [0.29, 0.717) is 5.90 Å².